The van der Waals surface area contributed by atoms with E-state index in [1.807, 2.05) is 0 Å². The van der Waals surface area contributed by atoms with Crippen molar-refractivity contribution in [3.05, 3.63) is 29.8 Å². The first-order chi connectivity index (χ1) is 5.77. The number of phenolic OH excluding ortho intramolecular Hbond substituents is 1. The average molecular weight is 167 g/mol. The lowest BCUT2D eigenvalue weighted by atomic mass is 10.1. The summed E-state index contributed by atoms with van der Waals surface area (Å²) in [5, 5.41) is 29.0. The molecule has 0 amide bonds. The topological polar surface area (TPSA) is 73.1 Å². The number of hydrogen-bond donors (Lipinski definition) is 3. The van der Waals surface area contributed by atoms with Crippen LogP contribution in [0.4, 0.5) is 0 Å². The van der Waals surface area contributed by atoms with Gasteiger partial charge in [0.2, 0.25) is 0 Å². The molecular weight excluding hydrogens is 158 g/mol. The molecular formula is C8H9NO3. The number of aliphatic hydroxyl groups is 1. The van der Waals surface area contributed by atoms with Gasteiger partial charge in [0.15, 0.2) is 0 Å². The van der Waals surface area contributed by atoms with Gasteiger partial charge in [-0.05, 0) is 12.1 Å². The number of hydrogen-bond acceptors (Lipinski definition) is 4. The third-order valence-corrected chi connectivity index (χ3v) is 1.45. The van der Waals surface area contributed by atoms with E-state index in [0.29, 0.717) is 5.56 Å². The number of rotatable bonds is 2. The van der Waals surface area contributed by atoms with Crippen LogP contribution in [0.5, 0.6) is 5.75 Å². The molecule has 0 aromatic heterocycles. The van der Waals surface area contributed by atoms with Crippen LogP contribution in [0.1, 0.15) is 5.56 Å². The van der Waals surface area contributed by atoms with Gasteiger partial charge in [-0.2, -0.15) is 0 Å². The standard InChI is InChI=1S/C8H9NO3/c10-5-8(9-12)6-2-1-3-7(11)4-6/h1-4,10-12H,5H2/b9-8+. The van der Waals surface area contributed by atoms with Crippen LogP contribution in [0.3, 0.4) is 0 Å². The highest BCUT2D eigenvalue weighted by atomic mass is 16.4. The number of oxime groups is 1. The van der Waals surface area contributed by atoms with Crippen LogP contribution in [0.25, 0.3) is 0 Å². The molecule has 0 spiro atoms. The highest BCUT2D eigenvalue weighted by Gasteiger charge is 2.02. The number of benzene rings is 1. The minimum atomic E-state index is -0.361. The molecule has 12 heavy (non-hydrogen) atoms. The Morgan fingerprint density at radius 3 is 2.67 bits per heavy atom. The number of aromatic hydroxyl groups is 1. The Morgan fingerprint density at radius 1 is 1.42 bits per heavy atom. The first kappa shape index (κ1) is 8.55. The van der Waals surface area contributed by atoms with Crippen LogP contribution in [0.2, 0.25) is 0 Å². The smallest absolute Gasteiger partial charge is 0.116 e. The molecule has 0 fully saturated rings. The van der Waals surface area contributed by atoms with Crippen molar-refractivity contribution in [2.75, 3.05) is 6.61 Å². The molecule has 0 saturated carbocycles. The van der Waals surface area contributed by atoms with E-state index in [2.05, 4.69) is 5.16 Å². The summed E-state index contributed by atoms with van der Waals surface area (Å²) in [6, 6.07) is 6.14. The van der Waals surface area contributed by atoms with Crippen LogP contribution < -0.4 is 0 Å². The first-order valence-electron chi connectivity index (χ1n) is 3.39. The number of phenols is 1. The maximum Gasteiger partial charge on any atom is 0.116 e. The van der Waals surface area contributed by atoms with E-state index in [0.717, 1.165) is 0 Å². The zero-order valence-corrected chi connectivity index (χ0v) is 6.31. The van der Waals surface area contributed by atoms with Crippen LogP contribution in [0, 0.1) is 0 Å². The van der Waals surface area contributed by atoms with Gasteiger partial charge in [0, 0.05) is 5.56 Å². The summed E-state index contributed by atoms with van der Waals surface area (Å²) >= 11 is 0. The van der Waals surface area contributed by atoms with E-state index >= 15 is 0 Å². The van der Waals surface area contributed by atoms with Gasteiger partial charge in [-0.1, -0.05) is 17.3 Å². The molecule has 0 atom stereocenters. The van der Waals surface area contributed by atoms with Crippen molar-refractivity contribution in [3.8, 4) is 5.75 Å². The predicted molar refractivity (Wildman–Crippen MR) is 43.5 cm³/mol. The van der Waals surface area contributed by atoms with Crippen molar-refractivity contribution in [2.24, 2.45) is 5.16 Å². The second kappa shape index (κ2) is 3.73. The van der Waals surface area contributed by atoms with Crippen molar-refractivity contribution in [1.82, 2.24) is 0 Å². The lowest BCUT2D eigenvalue weighted by molar-refractivity contribution is 0.304. The van der Waals surface area contributed by atoms with Gasteiger partial charge in [0.1, 0.15) is 11.5 Å². The normalized spacial score (nSPS) is 11.6. The molecule has 1 aromatic carbocycles. The Kier molecular flexibility index (Phi) is 2.66. The highest BCUT2D eigenvalue weighted by Crippen LogP contribution is 2.11. The largest absolute Gasteiger partial charge is 0.508 e. The zero-order valence-electron chi connectivity index (χ0n) is 6.31. The lowest BCUT2D eigenvalue weighted by Gasteiger charge is -2.00. The Labute approximate surface area is 69.4 Å². The van der Waals surface area contributed by atoms with Gasteiger partial charge in [0.05, 0.1) is 6.61 Å². The monoisotopic (exact) mass is 167 g/mol. The maximum absolute atomic E-state index is 9.03. The molecule has 3 N–H and O–H groups in total. The molecule has 1 rings (SSSR count). The summed E-state index contributed by atoms with van der Waals surface area (Å²) in [5.41, 5.74) is 0.630. The molecule has 0 saturated heterocycles. The van der Waals surface area contributed by atoms with Gasteiger partial charge in [-0.15, -0.1) is 0 Å². The molecule has 0 aliphatic rings. The van der Waals surface area contributed by atoms with Crippen molar-refractivity contribution < 1.29 is 15.4 Å². The lowest BCUT2D eigenvalue weighted by Crippen LogP contribution is -2.05. The summed E-state index contributed by atoms with van der Waals surface area (Å²) in [4.78, 5) is 0. The molecule has 4 heteroatoms. The van der Waals surface area contributed by atoms with Crippen LogP contribution in [-0.2, 0) is 0 Å². The molecule has 4 nitrogen and oxygen atoms in total. The fourth-order valence-corrected chi connectivity index (χ4v) is 0.866. The van der Waals surface area contributed by atoms with Gasteiger partial charge in [-0.25, -0.2) is 0 Å². The fourth-order valence-electron chi connectivity index (χ4n) is 0.866. The van der Waals surface area contributed by atoms with Crippen LogP contribution >= 0.6 is 0 Å². The number of aliphatic hydroxyl groups excluding tert-OH is 1. The van der Waals surface area contributed by atoms with E-state index in [1.165, 1.54) is 12.1 Å². The SMILES string of the molecule is OC/C(=N\O)c1cccc(O)c1. The molecule has 0 bridgehead atoms. The molecule has 0 unspecified atom stereocenters. The zero-order chi connectivity index (χ0) is 8.97. The third kappa shape index (κ3) is 1.73. The summed E-state index contributed by atoms with van der Waals surface area (Å²) in [6.45, 7) is -0.361. The van der Waals surface area contributed by atoms with Gasteiger partial charge in [-0.3, -0.25) is 0 Å². The van der Waals surface area contributed by atoms with Crippen molar-refractivity contribution in [1.29, 1.82) is 0 Å². The molecule has 64 valence electrons. The Bertz CT molecular complexity index is 296. The molecule has 0 radical (unpaired) electrons. The molecule has 0 aliphatic heterocycles. The quantitative estimate of drug-likeness (QED) is 0.342. The van der Waals surface area contributed by atoms with E-state index in [9.17, 15) is 0 Å². The van der Waals surface area contributed by atoms with E-state index in [1.54, 1.807) is 12.1 Å². The minimum Gasteiger partial charge on any atom is -0.508 e. The first-order valence-corrected chi connectivity index (χ1v) is 3.39. The predicted octanol–water partition coefficient (Wildman–Crippen LogP) is 0.563. The second-order valence-electron chi connectivity index (χ2n) is 2.26. The van der Waals surface area contributed by atoms with E-state index in [-0.39, 0.29) is 18.1 Å². The third-order valence-electron chi connectivity index (χ3n) is 1.45. The van der Waals surface area contributed by atoms with E-state index in [4.69, 9.17) is 15.4 Å². The molecule has 1 aromatic rings. The Morgan fingerprint density at radius 2 is 2.17 bits per heavy atom. The summed E-state index contributed by atoms with van der Waals surface area (Å²) in [7, 11) is 0. The summed E-state index contributed by atoms with van der Waals surface area (Å²) in [6.07, 6.45) is 0. The van der Waals surface area contributed by atoms with E-state index < -0.39 is 0 Å². The maximum atomic E-state index is 9.03. The van der Waals surface area contributed by atoms with Crippen LogP contribution in [0.15, 0.2) is 29.4 Å². The van der Waals surface area contributed by atoms with Gasteiger partial charge >= 0.3 is 0 Å². The van der Waals surface area contributed by atoms with Crippen molar-refractivity contribution in [3.63, 3.8) is 0 Å². The minimum absolute atomic E-state index is 0.0714. The summed E-state index contributed by atoms with van der Waals surface area (Å²) in [5.74, 6) is 0.0714. The molecule has 0 aliphatic carbocycles. The Balaban J connectivity index is 3.02. The Hall–Kier alpha value is -1.55. The second-order valence-corrected chi connectivity index (χ2v) is 2.26. The fraction of sp³-hybridized carbons (Fsp3) is 0.125. The van der Waals surface area contributed by atoms with Gasteiger partial charge in [0.25, 0.3) is 0 Å². The molecule has 0 heterocycles. The van der Waals surface area contributed by atoms with Crippen molar-refractivity contribution in [2.45, 2.75) is 0 Å². The van der Waals surface area contributed by atoms with Crippen LogP contribution in [-0.4, -0.2) is 27.7 Å². The summed E-state index contributed by atoms with van der Waals surface area (Å²) < 4.78 is 0. The number of nitrogens with zero attached hydrogens (tertiary/aromatic N) is 1. The highest BCUT2D eigenvalue weighted by molar-refractivity contribution is 6.01. The van der Waals surface area contributed by atoms with Gasteiger partial charge < -0.3 is 15.4 Å². The van der Waals surface area contributed by atoms with Crippen molar-refractivity contribution >= 4 is 5.71 Å². The average Bonchev–Trinajstić information content (AvgIpc) is 2.07.